The molecule has 6 heteroatoms. The SMILES string of the molecule is CC(C)(CNCc1cncc(Br)c1)S(C)(=O)=O. The van der Waals surface area contributed by atoms with Gasteiger partial charge in [0.1, 0.15) is 0 Å². The van der Waals surface area contributed by atoms with E-state index < -0.39 is 14.6 Å². The van der Waals surface area contributed by atoms with Gasteiger partial charge in [0.2, 0.25) is 0 Å². The highest BCUT2D eigenvalue weighted by molar-refractivity contribution is 9.10. The Balaban J connectivity index is 2.54. The summed E-state index contributed by atoms with van der Waals surface area (Å²) in [4.78, 5) is 4.04. The monoisotopic (exact) mass is 320 g/mol. The van der Waals surface area contributed by atoms with E-state index in [0.29, 0.717) is 13.1 Å². The first kappa shape index (κ1) is 14.6. The molecule has 96 valence electrons. The summed E-state index contributed by atoms with van der Waals surface area (Å²) >= 11 is 3.34. The van der Waals surface area contributed by atoms with Gasteiger partial charge in [-0.05, 0) is 41.4 Å². The Labute approximate surface area is 111 Å². The van der Waals surface area contributed by atoms with Gasteiger partial charge in [-0.2, -0.15) is 0 Å². The maximum absolute atomic E-state index is 11.5. The number of aromatic nitrogens is 1. The van der Waals surface area contributed by atoms with Crippen LogP contribution < -0.4 is 5.32 Å². The maximum atomic E-state index is 11.5. The Kier molecular flexibility index (Phi) is 4.69. The summed E-state index contributed by atoms with van der Waals surface area (Å²) in [6.07, 6.45) is 4.73. The average Bonchev–Trinajstić information content (AvgIpc) is 2.15. The Hall–Kier alpha value is -0.460. The van der Waals surface area contributed by atoms with Crippen LogP contribution in [0.3, 0.4) is 0 Å². The Morgan fingerprint density at radius 1 is 1.41 bits per heavy atom. The first-order valence-electron chi connectivity index (χ1n) is 5.22. The van der Waals surface area contributed by atoms with Crippen molar-refractivity contribution in [2.24, 2.45) is 0 Å². The smallest absolute Gasteiger partial charge is 0.153 e. The van der Waals surface area contributed by atoms with E-state index in [4.69, 9.17) is 0 Å². The van der Waals surface area contributed by atoms with Gasteiger partial charge in [0.25, 0.3) is 0 Å². The number of pyridine rings is 1. The quantitative estimate of drug-likeness (QED) is 0.898. The third-order valence-electron chi connectivity index (χ3n) is 2.65. The molecule has 1 aromatic heterocycles. The van der Waals surface area contributed by atoms with E-state index in [2.05, 4.69) is 26.2 Å². The van der Waals surface area contributed by atoms with Gasteiger partial charge in [-0.25, -0.2) is 8.42 Å². The van der Waals surface area contributed by atoms with Crippen LogP contribution in [0.5, 0.6) is 0 Å². The second-order valence-corrected chi connectivity index (χ2v) is 8.21. The fourth-order valence-electron chi connectivity index (χ4n) is 1.19. The fraction of sp³-hybridized carbons (Fsp3) is 0.545. The number of hydrogen-bond donors (Lipinski definition) is 1. The number of sulfone groups is 1. The second kappa shape index (κ2) is 5.46. The van der Waals surface area contributed by atoms with Gasteiger partial charge < -0.3 is 5.32 Å². The van der Waals surface area contributed by atoms with Gasteiger partial charge in [-0.1, -0.05) is 0 Å². The Morgan fingerprint density at radius 2 is 2.06 bits per heavy atom. The number of nitrogens with zero attached hydrogens (tertiary/aromatic N) is 1. The average molecular weight is 321 g/mol. The molecular weight excluding hydrogens is 304 g/mol. The summed E-state index contributed by atoms with van der Waals surface area (Å²) in [6, 6.07) is 1.95. The summed E-state index contributed by atoms with van der Waals surface area (Å²) < 4.78 is 23.1. The zero-order valence-electron chi connectivity index (χ0n) is 10.2. The summed E-state index contributed by atoms with van der Waals surface area (Å²) in [5.74, 6) is 0. The molecule has 4 nitrogen and oxygen atoms in total. The molecule has 0 saturated heterocycles. The minimum Gasteiger partial charge on any atom is -0.311 e. The van der Waals surface area contributed by atoms with Crippen LogP contribution in [-0.4, -0.2) is 30.9 Å². The molecule has 1 rings (SSSR count). The van der Waals surface area contributed by atoms with Crippen molar-refractivity contribution in [3.63, 3.8) is 0 Å². The fourth-order valence-corrected chi connectivity index (χ4v) is 1.97. The van der Waals surface area contributed by atoms with Gasteiger partial charge in [0.05, 0.1) is 4.75 Å². The Morgan fingerprint density at radius 3 is 2.59 bits per heavy atom. The number of nitrogens with one attached hydrogen (secondary N) is 1. The molecule has 0 fully saturated rings. The normalized spacial score (nSPS) is 12.7. The van der Waals surface area contributed by atoms with E-state index in [0.717, 1.165) is 10.0 Å². The van der Waals surface area contributed by atoms with Gasteiger partial charge in [-0.3, -0.25) is 4.98 Å². The topological polar surface area (TPSA) is 59.1 Å². The predicted octanol–water partition coefficient (Wildman–Crippen LogP) is 1.76. The molecular formula is C11H17BrN2O2S. The molecule has 1 N–H and O–H groups in total. The van der Waals surface area contributed by atoms with Crippen molar-refractivity contribution in [1.29, 1.82) is 0 Å². The largest absolute Gasteiger partial charge is 0.311 e. The van der Waals surface area contributed by atoms with Crippen molar-refractivity contribution in [3.8, 4) is 0 Å². The third kappa shape index (κ3) is 4.37. The highest BCUT2D eigenvalue weighted by Crippen LogP contribution is 2.14. The molecule has 0 aliphatic rings. The molecule has 0 radical (unpaired) electrons. The summed E-state index contributed by atoms with van der Waals surface area (Å²) in [5, 5.41) is 3.14. The van der Waals surface area contributed by atoms with Crippen molar-refractivity contribution >= 4 is 25.8 Å². The van der Waals surface area contributed by atoms with E-state index >= 15 is 0 Å². The maximum Gasteiger partial charge on any atom is 0.153 e. The number of halogens is 1. The van der Waals surface area contributed by atoms with E-state index in [1.54, 1.807) is 26.2 Å². The van der Waals surface area contributed by atoms with Crippen molar-refractivity contribution in [2.75, 3.05) is 12.8 Å². The molecule has 0 atom stereocenters. The second-order valence-electron chi connectivity index (χ2n) is 4.65. The molecule has 0 aromatic carbocycles. The van der Waals surface area contributed by atoms with Crippen LogP contribution in [0.1, 0.15) is 19.4 Å². The lowest BCUT2D eigenvalue weighted by atomic mass is 10.2. The lowest BCUT2D eigenvalue weighted by Crippen LogP contribution is -2.41. The van der Waals surface area contributed by atoms with E-state index in [-0.39, 0.29) is 0 Å². The van der Waals surface area contributed by atoms with Crippen LogP contribution in [-0.2, 0) is 16.4 Å². The zero-order chi connectivity index (χ0) is 13.1. The minimum atomic E-state index is -3.05. The summed E-state index contributed by atoms with van der Waals surface area (Å²) in [7, 11) is -3.05. The van der Waals surface area contributed by atoms with Crippen molar-refractivity contribution < 1.29 is 8.42 Å². The lowest BCUT2D eigenvalue weighted by molar-refractivity contribution is 0.521. The van der Waals surface area contributed by atoms with Crippen LogP contribution in [0, 0.1) is 0 Å². The predicted molar refractivity (Wildman–Crippen MR) is 72.6 cm³/mol. The first-order valence-corrected chi connectivity index (χ1v) is 7.90. The molecule has 17 heavy (non-hydrogen) atoms. The van der Waals surface area contributed by atoms with Crippen LogP contribution in [0.4, 0.5) is 0 Å². The molecule has 0 aliphatic heterocycles. The van der Waals surface area contributed by atoms with Crippen molar-refractivity contribution in [2.45, 2.75) is 25.1 Å². The standard InChI is InChI=1S/C11H17BrN2O2S/c1-11(2,17(3,15)16)8-14-6-9-4-10(12)7-13-5-9/h4-5,7,14H,6,8H2,1-3H3. The van der Waals surface area contributed by atoms with E-state index in [1.165, 1.54) is 6.26 Å². The number of hydrogen-bond acceptors (Lipinski definition) is 4. The van der Waals surface area contributed by atoms with Crippen LogP contribution in [0.25, 0.3) is 0 Å². The minimum absolute atomic E-state index is 0.415. The van der Waals surface area contributed by atoms with Gasteiger partial charge in [-0.15, -0.1) is 0 Å². The highest BCUT2D eigenvalue weighted by Gasteiger charge is 2.29. The molecule has 0 aliphatic carbocycles. The molecule has 0 saturated carbocycles. The Bertz CT molecular complexity index is 486. The van der Waals surface area contributed by atoms with Crippen LogP contribution >= 0.6 is 15.9 Å². The molecule has 0 bridgehead atoms. The molecule has 0 amide bonds. The van der Waals surface area contributed by atoms with Gasteiger partial charge >= 0.3 is 0 Å². The van der Waals surface area contributed by atoms with Crippen molar-refractivity contribution in [3.05, 3.63) is 28.5 Å². The lowest BCUT2D eigenvalue weighted by Gasteiger charge is -2.22. The van der Waals surface area contributed by atoms with Gasteiger partial charge in [0.15, 0.2) is 9.84 Å². The molecule has 0 unspecified atom stereocenters. The van der Waals surface area contributed by atoms with E-state index in [9.17, 15) is 8.42 Å². The van der Waals surface area contributed by atoms with Gasteiger partial charge in [0, 0.05) is 36.2 Å². The zero-order valence-corrected chi connectivity index (χ0v) is 12.6. The van der Waals surface area contributed by atoms with E-state index in [1.807, 2.05) is 6.07 Å². The molecule has 1 heterocycles. The van der Waals surface area contributed by atoms with Crippen LogP contribution in [0.2, 0.25) is 0 Å². The number of rotatable bonds is 5. The molecule has 0 spiro atoms. The van der Waals surface area contributed by atoms with Crippen molar-refractivity contribution in [1.82, 2.24) is 10.3 Å². The van der Waals surface area contributed by atoms with Crippen LogP contribution in [0.15, 0.2) is 22.9 Å². The molecule has 1 aromatic rings. The third-order valence-corrected chi connectivity index (χ3v) is 5.23. The highest BCUT2D eigenvalue weighted by atomic mass is 79.9. The summed E-state index contributed by atoms with van der Waals surface area (Å²) in [5.41, 5.74) is 1.02. The summed E-state index contributed by atoms with van der Waals surface area (Å²) in [6.45, 7) is 4.45. The first-order chi connectivity index (χ1) is 7.72.